The second-order valence-corrected chi connectivity index (χ2v) is 9.95. The molecular formula is C24H18F9P. The van der Waals surface area contributed by atoms with Crippen LogP contribution < -0.4 is 15.9 Å². The van der Waals surface area contributed by atoms with Crippen LogP contribution in [0, 0.1) is 20.8 Å². The Labute approximate surface area is 191 Å². The average Bonchev–Trinajstić information content (AvgIpc) is 2.69. The van der Waals surface area contributed by atoms with Crippen LogP contribution in [0.2, 0.25) is 0 Å². The third kappa shape index (κ3) is 5.40. The summed E-state index contributed by atoms with van der Waals surface area (Å²) in [5.74, 6) is 0. The summed E-state index contributed by atoms with van der Waals surface area (Å²) in [6, 6.07) is 8.51. The summed E-state index contributed by atoms with van der Waals surface area (Å²) in [6.07, 6.45) is -14.2. The number of benzene rings is 3. The fourth-order valence-electron chi connectivity index (χ4n) is 3.47. The molecule has 0 unspecified atom stereocenters. The number of alkyl halides is 9. The van der Waals surface area contributed by atoms with Crippen LogP contribution in [-0.2, 0) is 18.5 Å². The number of hydrogen-bond donors (Lipinski definition) is 0. The molecule has 0 N–H and O–H groups in total. The molecule has 0 nitrogen and oxygen atoms in total. The molecule has 0 spiro atoms. The van der Waals surface area contributed by atoms with Gasteiger partial charge >= 0.3 is 18.5 Å². The van der Waals surface area contributed by atoms with Gasteiger partial charge in [0.1, 0.15) is 0 Å². The molecule has 0 atom stereocenters. The molecule has 0 fully saturated rings. The molecule has 0 radical (unpaired) electrons. The van der Waals surface area contributed by atoms with Crippen molar-refractivity contribution < 1.29 is 39.5 Å². The zero-order valence-corrected chi connectivity index (χ0v) is 18.9. The summed E-state index contributed by atoms with van der Waals surface area (Å²) in [7, 11) is -2.20. The average molecular weight is 508 g/mol. The van der Waals surface area contributed by atoms with Gasteiger partial charge in [-0.3, -0.25) is 0 Å². The van der Waals surface area contributed by atoms with Crippen molar-refractivity contribution in [3.8, 4) is 0 Å². The lowest BCUT2D eigenvalue weighted by Crippen LogP contribution is -2.28. The van der Waals surface area contributed by atoms with E-state index < -0.39 is 43.1 Å². The van der Waals surface area contributed by atoms with Crippen molar-refractivity contribution in [1.82, 2.24) is 0 Å². The highest BCUT2D eigenvalue weighted by Crippen LogP contribution is 2.42. The summed E-state index contributed by atoms with van der Waals surface area (Å²) in [6.45, 7) is 4.45. The second-order valence-electron chi connectivity index (χ2n) is 7.83. The first-order valence-electron chi connectivity index (χ1n) is 9.84. The fourth-order valence-corrected chi connectivity index (χ4v) is 6.33. The molecule has 3 aromatic rings. The van der Waals surface area contributed by atoms with Gasteiger partial charge in [0.2, 0.25) is 0 Å². The maximum atomic E-state index is 13.5. The molecule has 0 saturated carbocycles. The van der Waals surface area contributed by atoms with Gasteiger partial charge in [0.25, 0.3) is 0 Å². The molecule has 10 heteroatoms. The second kappa shape index (κ2) is 8.91. The molecule has 0 aliphatic carbocycles. The van der Waals surface area contributed by atoms with Crippen LogP contribution in [0.3, 0.4) is 0 Å². The molecule has 0 saturated heterocycles. The smallest absolute Gasteiger partial charge is 0.166 e. The van der Waals surface area contributed by atoms with Gasteiger partial charge in [0, 0.05) is 0 Å². The molecule has 182 valence electrons. The Morgan fingerprint density at radius 3 is 0.882 bits per heavy atom. The van der Waals surface area contributed by atoms with E-state index in [1.54, 1.807) is 0 Å². The van der Waals surface area contributed by atoms with Gasteiger partial charge in [-0.1, -0.05) is 18.2 Å². The van der Waals surface area contributed by atoms with Crippen LogP contribution in [0.5, 0.6) is 0 Å². The minimum atomic E-state index is -4.74. The van der Waals surface area contributed by atoms with Crippen molar-refractivity contribution in [2.24, 2.45) is 0 Å². The Balaban J connectivity index is 2.41. The van der Waals surface area contributed by atoms with Gasteiger partial charge < -0.3 is 0 Å². The topological polar surface area (TPSA) is 0 Å². The first-order valence-corrected chi connectivity index (χ1v) is 11.2. The lowest BCUT2D eigenvalue weighted by Gasteiger charge is -2.27. The van der Waals surface area contributed by atoms with Gasteiger partial charge in [-0.15, -0.1) is 0 Å². The molecule has 0 aliphatic heterocycles. The van der Waals surface area contributed by atoms with Crippen LogP contribution >= 0.6 is 7.92 Å². The van der Waals surface area contributed by atoms with Crippen LogP contribution in [0.25, 0.3) is 0 Å². The largest absolute Gasteiger partial charge is 0.416 e. The summed E-state index contributed by atoms with van der Waals surface area (Å²) < 4.78 is 121. The van der Waals surface area contributed by atoms with Crippen molar-refractivity contribution in [2.75, 3.05) is 0 Å². The Morgan fingerprint density at radius 2 is 0.676 bits per heavy atom. The van der Waals surface area contributed by atoms with Crippen LogP contribution in [0.15, 0.2) is 54.6 Å². The minimum Gasteiger partial charge on any atom is -0.166 e. The zero-order valence-electron chi connectivity index (χ0n) is 18.0. The Hall–Kier alpha value is -2.54. The summed E-state index contributed by atoms with van der Waals surface area (Å²) in [4.78, 5) is 0. The Kier molecular flexibility index (Phi) is 6.83. The molecule has 0 heterocycles. The van der Waals surface area contributed by atoms with Gasteiger partial charge in [-0.2, -0.15) is 39.5 Å². The molecule has 34 heavy (non-hydrogen) atoms. The lowest BCUT2D eigenvalue weighted by molar-refractivity contribution is -0.138. The van der Waals surface area contributed by atoms with E-state index in [-0.39, 0.29) is 15.9 Å². The third-order valence-electron chi connectivity index (χ3n) is 5.33. The van der Waals surface area contributed by atoms with Gasteiger partial charge in [0.15, 0.2) is 0 Å². The Bertz CT molecular complexity index is 1050. The number of rotatable bonds is 3. The van der Waals surface area contributed by atoms with Crippen LogP contribution in [0.4, 0.5) is 39.5 Å². The maximum absolute atomic E-state index is 13.5. The number of aryl methyl sites for hydroxylation is 3. The molecule has 0 aromatic heterocycles. The predicted octanol–water partition coefficient (Wildman–Crippen LogP) is 7.43. The zero-order chi connectivity index (χ0) is 25.6. The van der Waals surface area contributed by atoms with E-state index in [0.717, 1.165) is 36.4 Å². The van der Waals surface area contributed by atoms with Crippen molar-refractivity contribution >= 4 is 23.8 Å². The number of hydrogen-bond acceptors (Lipinski definition) is 0. The molecular weight excluding hydrogens is 490 g/mol. The van der Waals surface area contributed by atoms with Gasteiger partial charge in [0.05, 0.1) is 16.7 Å². The number of halogens is 9. The highest BCUT2D eigenvalue weighted by atomic mass is 31.1. The van der Waals surface area contributed by atoms with Crippen LogP contribution in [0.1, 0.15) is 33.4 Å². The highest BCUT2D eigenvalue weighted by Gasteiger charge is 2.36. The standard InChI is InChI=1S/C24H18F9P/c1-13-4-7-16(22(25,26)27)10-19(13)34(20-11-17(23(28,29)30)8-5-14(20)2)21-12-18(24(31,32)33)9-6-15(21)3/h4-12H,1-3H3. The van der Waals surface area contributed by atoms with Crippen molar-refractivity contribution in [3.05, 3.63) is 88.0 Å². The third-order valence-corrected chi connectivity index (χ3v) is 8.22. The molecule has 3 aromatic carbocycles. The quantitative estimate of drug-likeness (QED) is 0.255. The molecule has 0 amide bonds. The van der Waals surface area contributed by atoms with E-state index >= 15 is 0 Å². The van der Waals surface area contributed by atoms with E-state index in [0.29, 0.717) is 16.7 Å². The van der Waals surface area contributed by atoms with Gasteiger partial charge in [-0.05, 0) is 97.7 Å². The Morgan fingerprint density at radius 1 is 0.441 bits per heavy atom. The van der Waals surface area contributed by atoms with E-state index in [1.807, 2.05) is 0 Å². The van der Waals surface area contributed by atoms with Crippen LogP contribution in [-0.4, -0.2) is 0 Å². The van der Waals surface area contributed by atoms with E-state index in [2.05, 4.69) is 0 Å². The minimum absolute atomic E-state index is 0.0367. The highest BCUT2D eigenvalue weighted by molar-refractivity contribution is 7.80. The normalized spacial score (nSPS) is 13.0. The molecule has 0 bridgehead atoms. The van der Waals surface area contributed by atoms with Crippen molar-refractivity contribution in [3.63, 3.8) is 0 Å². The first-order chi connectivity index (χ1) is 15.5. The lowest BCUT2D eigenvalue weighted by atomic mass is 10.1. The first kappa shape index (κ1) is 26.1. The van der Waals surface area contributed by atoms with E-state index in [9.17, 15) is 39.5 Å². The van der Waals surface area contributed by atoms with Crippen molar-refractivity contribution in [2.45, 2.75) is 39.3 Å². The SMILES string of the molecule is Cc1ccc(C(F)(F)F)cc1P(c1cc(C(F)(F)F)ccc1C)c1cc(C(F)(F)F)ccc1C. The predicted molar refractivity (Wildman–Crippen MR) is 114 cm³/mol. The summed E-state index contributed by atoms with van der Waals surface area (Å²) >= 11 is 0. The summed E-state index contributed by atoms with van der Waals surface area (Å²) in [5, 5.41) is 0.110. The monoisotopic (exact) mass is 508 g/mol. The van der Waals surface area contributed by atoms with E-state index in [4.69, 9.17) is 0 Å². The maximum Gasteiger partial charge on any atom is 0.416 e. The van der Waals surface area contributed by atoms with E-state index in [1.165, 1.54) is 39.0 Å². The fraction of sp³-hybridized carbons (Fsp3) is 0.250. The molecule has 0 aliphatic rings. The molecule has 3 rings (SSSR count). The van der Waals surface area contributed by atoms with Crippen molar-refractivity contribution in [1.29, 1.82) is 0 Å². The summed E-state index contributed by atoms with van der Waals surface area (Å²) in [5.41, 5.74) is -2.12. The van der Waals surface area contributed by atoms with Gasteiger partial charge in [-0.25, -0.2) is 0 Å².